The lowest BCUT2D eigenvalue weighted by atomic mass is 9.69. The highest BCUT2D eigenvalue weighted by Crippen LogP contribution is 2.41. The minimum absolute atomic E-state index is 0.404. The van der Waals surface area contributed by atoms with Crippen LogP contribution in [0.3, 0.4) is 0 Å². The largest absolute Gasteiger partial charge is 0.481 e. The number of fused-ring (bicyclic) bond motifs is 1. The molecule has 1 aliphatic rings. The van der Waals surface area contributed by atoms with Gasteiger partial charge in [0.1, 0.15) is 12.1 Å². The smallest absolute Gasteiger partial charge is 0.311 e. The molecule has 2 heterocycles. The van der Waals surface area contributed by atoms with Gasteiger partial charge in [-0.05, 0) is 19.8 Å². The first kappa shape index (κ1) is 11.9. The summed E-state index contributed by atoms with van der Waals surface area (Å²) in [6, 6.07) is 1.84. The van der Waals surface area contributed by atoms with E-state index in [4.69, 9.17) is 0 Å². The molecule has 7 nitrogen and oxygen atoms in total. The number of carboxylic acid groups (broad SMARTS) is 1. The van der Waals surface area contributed by atoms with Gasteiger partial charge in [-0.3, -0.25) is 4.79 Å². The summed E-state index contributed by atoms with van der Waals surface area (Å²) in [5, 5.41) is 16.6. The Morgan fingerprint density at radius 3 is 3.00 bits per heavy atom. The fraction of sp³-hybridized carbons (Fsp3) is 0.500. The number of hydrogen-bond acceptors (Lipinski definition) is 5. The summed E-state index contributed by atoms with van der Waals surface area (Å²) in [7, 11) is 0. The highest BCUT2D eigenvalue weighted by Gasteiger charge is 2.44. The second kappa shape index (κ2) is 4.18. The molecule has 0 aromatic carbocycles. The number of aryl methyl sites for hydroxylation is 1. The average molecular weight is 261 g/mol. The Bertz CT molecular complexity index is 632. The van der Waals surface area contributed by atoms with Crippen molar-refractivity contribution in [1.29, 1.82) is 0 Å². The third-order valence-electron chi connectivity index (χ3n) is 3.75. The second-order valence-corrected chi connectivity index (χ2v) is 5.05. The monoisotopic (exact) mass is 261 g/mol. The molecule has 0 aliphatic heterocycles. The molecule has 1 aliphatic carbocycles. The second-order valence-electron chi connectivity index (χ2n) is 5.05. The van der Waals surface area contributed by atoms with Crippen LogP contribution in [0.15, 0.2) is 12.4 Å². The van der Waals surface area contributed by atoms with Crippen molar-refractivity contribution in [3.8, 4) is 0 Å². The van der Waals surface area contributed by atoms with Gasteiger partial charge in [-0.15, -0.1) is 0 Å². The lowest BCUT2D eigenvalue weighted by Crippen LogP contribution is -2.43. The molecule has 7 heteroatoms. The van der Waals surface area contributed by atoms with E-state index in [9.17, 15) is 9.90 Å². The third-order valence-corrected chi connectivity index (χ3v) is 3.75. The standard InChI is InChI=1S/C12H15N5O2/c1-8-5-9(17-11(16-8)14-7-15-17)13-6-12(10(18)19)3-2-4-12/h5,7,13H,2-4,6H2,1H3,(H,18,19). The normalized spacial score (nSPS) is 17.1. The molecule has 1 fully saturated rings. The zero-order valence-electron chi connectivity index (χ0n) is 10.6. The van der Waals surface area contributed by atoms with Gasteiger partial charge in [-0.2, -0.15) is 14.6 Å². The van der Waals surface area contributed by atoms with Crippen LogP contribution in [0.25, 0.3) is 5.78 Å². The zero-order valence-corrected chi connectivity index (χ0v) is 10.6. The molecule has 0 radical (unpaired) electrons. The Hall–Kier alpha value is -2.18. The van der Waals surface area contributed by atoms with Crippen LogP contribution in [0.4, 0.5) is 5.82 Å². The molecule has 0 bridgehead atoms. The van der Waals surface area contributed by atoms with Crippen molar-refractivity contribution in [1.82, 2.24) is 19.6 Å². The van der Waals surface area contributed by atoms with Crippen molar-refractivity contribution in [3.05, 3.63) is 18.1 Å². The van der Waals surface area contributed by atoms with Crippen LogP contribution in [-0.4, -0.2) is 37.2 Å². The maximum atomic E-state index is 11.3. The topological polar surface area (TPSA) is 92.4 Å². The Labute approximate surface area is 109 Å². The molecule has 2 aromatic rings. The van der Waals surface area contributed by atoms with Crippen molar-refractivity contribution in [2.75, 3.05) is 11.9 Å². The number of carboxylic acids is 1. The molecule has 0 amide bonds. The van der Waals surface area contributed by atoms with Gasteiger partial charge in [0, 0.05) is 18.3 Å². The van der Waals surface area contributed by atoms with Crippen molar-refractivity contribution in [2.45, 2.75) is 26.2 Å². The van der Waals surface area contributed by atoms with Crippen LogP contribution in [0.2, 0.25) is 0 Å². The maximum Gasteiger partial charge on any atom is 0.311 e. The SMILES string of the molecule is Cc1cc(NCC2(C(=O)O)CCC2)n2ncnc2n1. The molecule has 2 N–H and O–H groups in total. The van der Waals surface area contributed by atoms with E-state index in [1.165, 1.54) is 6.33 Å². The van der Waals surface area contributed by atoms with Crippen molar-refractivity contribution < 1.29 is 9.90 Å². The average Bonchev–Trinajstić information content (AvgIpc) is 2.74. The van der Waals surface area contributed by atoms with Crippen LogP contribution >= 0.6 is 0 Å². The molecule has 0 spiro atoms. The fourth-order valence-electron chi connectivity index (χ4n) is 2.39. The van der Waals surface area contributed by atoms with E-state index in [0.29, 0.717) is 12.3 Å². The number of anilines is 1. The quantitative estimate of drug-likeness (QED) is 0.856. The molecule has 1 saturated carbocycles. The van der Waals surface area contributed by atoms with Crippen LogP contribution in [0.1, 0.15) is 25.0 Å². The van der Waals surface area contributed by atoms with E-state index >= 15 is 0 Å². The number of carbonyl (C=O) groups is 1. The number of hydrogen-bond donors (Lipinski definition) is 2. The van der Waals surface area contributed by atoms with Crippen LogP contribution in [-0.2, 0) is 4.79 Å². The molecular weight excluding hydrogens is 246 g/mol. The highest BCUT2D eigenvalue weighted by molar-refractivity contribution is 5.76. The Morgan fingerprint density at radius 1 is 1.58 bits per heavy atom. The van der Waals surface area contributed by atoms with Gasteiger partial charge in [0.05, 0.1) is 5.41 Å². The lowest BCUT2D eigenvalue weighted by molar-refractivity contribution is -0.153. The summed E-state index contributed by atoms with van der Waals surface area (Å²) in [6.07, 6.45) is 3.85. The highest BCUT2D eigenvalue weighted by atomic mass is 16.4. The van der Waals surface area contributed by atoms with E-state index in [1.54, 1.807) is 4.52 Å². The van der Waals surface area contributed by atoms with Gasteiger partial charge in [0.15, 0.2) is 0 Å². The number of nitrogens with one attached hydrogen (secondary N) is 1. The number of nitrogens with zero attached hydrogens (tertiary/aromatic N) is 4. The first-order valence-corrected chi connectivity index (χ1v) is 6.25. The van der Waals surface area contributed by atoms with Gasteiger partial charge in [0.2, 0.25) is 0 Å². The molecule has 0 atom stereocenters. The first-order chi connectivity index (χ1) is 9.11. The van der Waals surface area contributed by atoms with Crippen molar-refractivity contribution in [3.63, 3.8) is 0 Å². The third kappa shape index (κ3) is 1.91. The van der Waals surface area contributed by atoms with Gasteiger partial charge < -0.3 is 10.4 Å². The number of rotatable bonds is 4. The summed E-state index contributed by atoms with van der Waals surface area (Å²) in [4.78, 5) is 19.6. The molecule has 2 aromatic heterocycles. The van der Waals surface area contributed by atoms with Gasteiger partial charge in [0.25, 0.3) is 5.78 Å². The zero-order chi connectivity index (χ0) is 13.5. The molecule has 3 rings (SSSR count). The summed E-state index contributed by atoms with van der Waals surface area (Å²) >= 11 is 0. The Balaban J connectivity index is 1.85. The molecule has 19 heavy (non-hydrogen) atoms. The fourth-order valence-corrected chi connectivity index (χ4v) is 2.39. The molecule has 0 saturated heterocycles. The molecule has 0 unspecified atom stereocenters. The van der Waals surface area contributed by atoms with E-state index in [0.717, 1.165) is 30.8 Å². The van der Waals surface area contributed by atoms with Crippen LogP contribution < -0.4 is 5.32 Å². The van der Waals surface area contributed by atoms with Crippen molar-refractivity contribution in [2.24, 2.45) is 5.41 Å². The van der Waals surface area contributed by atoms with Crippen molar-refractivity contribution >= 4 is 17.6 Å². The maximum absolute atomic E-state index is 11.3. The molecule has 100 valence electrons. The summed E-state index contributed by atoms with van der Waals surface area (Å²) in [5.41, 5.74) is 0.186. The van der Waals surface area contributed by atoms with E-state index in [1.807, 2.05) is 13.0 Å². The van der Waals surface area contributed by atoms with Crippen LogP contribution in [0.5, 0.6) is 0 Å². The summed E-state index contributed by atoms with van der Waals surface area (Å²) < 4.78 is 1.58. The van der Waals surface area contributed by atoms with Crippen LogP contribution in [0, 0.1) is 12.3 Å². The minimum Gasteiger partial charge on any atom is -0.481 e. The number of aliphatic carboxylic acids is 1. The van der Waals surface area contributed by atoms with Gasteiger partial charge in [-0.25, -0.2) is 4.98 Å². The Morgan fingerprint density at radius 2 is 2.37 bits per heavy atom. The first-order valence-electron chi connectivity index (χ1n) is 6.25. The van der Waals surface area contributed by atoms with E-state index in [-0.39, 0.29) is 0 Å². The number of aromatic nitrogens is 4. The summed E-state index contributed by atoms with van der Waals surface area (Å²) in [6.45, 7) is 2.27. The van der Waals surface area contributed by atoms with Gasteiger partial charge in [-0.1, -0.05) is 6.42 Å². The lowest BCUT2D eigenvalue weighted by Gasteiger charge is -2.37. The van der Waals surface area contributed by atoms with Gasteiger partial charge >= 0.3 is 5.97 Å². The Kier molecular flexibility index (Phi) is 2.62. The molecular formula is C12H15N5O2. The van der Waals surface area contributed by atoms with E-state index < -0.39 is 11.4 Å². The predicted octanol–water partition coefficient (Wildman–Crippen LogP) is 1.10. The van der Waals surface area contributed by atoms with E-state index in [2.05, 4.69) is 20.4 Å². The predicted molar refractivity (Wildman–Crippen MR) is 67.9 cm³/mol. The summed E-state index contributed by atoms with van der Waals surface area (Å²) in [5.74, 6) is 0.514. The minimum atomic E-state index is -0.730.